The molecule has 0 bridgehead atoms. The van der Waals surface area contributed by atoms with E-state index in [1.807, 2.05) is 110 Å². The lowest BCUT2D eigenvalue weighted by Gasteiger charge is -2.29. The van der Waals surface area contributed by atoms with E-state index in [-0.39, 0.29) is 17.2 Å². The molecule has 6 heteroatoms. The number of nitrogens with one attached hydrogen (secondary N) is 1. The molecule has 4 aromatic rings. The van der Waals surface area contributed by atoms with E-state index in [0.717, 1.165) is 22.3 Å². The summed E-state index contributed by atoms with van der Waals surface area (Å²) in [5.74, 6) is -0.271. The van der Waals surface area contributed by atoms with Gasteiger partial charge in [-0.1, -0.05) is 109 Å². The number of rotatable bonds is 10. The average Bonchev–Trinajstić information content (AvgIpc) is 2.88. The summed E-state index contributed by atoms with van der Waals surface area (Å²) < 4.78 is 30.3. The van der Waals surface area contributed by atoms with Gasteiger partial charge >= 0.3 is 0 Å². The Morgan fingerprint density at radius 3 is 1.58 bits per heavy atom. The number of carbonyl (C=O) groups is 1. The maximum absolute atomic E-state index is 14.2. The van der Waals surface area contributed by atoms with Crippen LogP contribution in [0.2, 0.25) is 0 Å². The van der Waals surface area contributed by atoms with Gasteiger partial charge in [-0.2, -0.15) is 4.72 Å². The number of nitrogens with zero attached hydrogens (tertiary/aromatic N) is 1. The summed E-state index contributed by atoms with van der Waals surface area (Å²) >= 11 is 0. The van der Waals surface area contributed by atoms with Gasteiger partial charge in [0.05, 0.1) is 4.90 Å². The van der Waals surface area contributed by atoms with E-state index in [9.17, 15) is 13.2 Å². The van der Waals surface area contributed by atoms with Crippen molar-refractivity contribution in [1.82, 2.24) is 9.62 Å². The van der Waals surface area contributed by atoms with Gasteiger partial charge < -0.3 is 4.90 Å². The molecule has 0 aliphatic heterocycles. The van der Waals surface area contributed by atoms with E-state index >= 15 is 0 Å². The quantitative estimate of drug-likeness (QED) is 0.287. The van der Waals surface area contributed by atoms with Gasteiger partial charge in [0, 0.05) is 13.1 Å². The van der Waals surface area contributed by atoms with Crippen LogP contribution < -0.4 is 4.72 Å². The van der Waals surface area contributed by atoms with E-state index in [1.54, 1.807) is 18.7 Å². The van der Waals surface area contributed by atoms with Gasteiger partial charge in [-0.15, -0.1) is 0 Å². The van der Waals surface area contributed by atoms with Gasteiger partial charge in [0.25, 0.3) is 0 Å². The van der Waals surface area contributed by atoms with Crippen LogP contribution in [0.15, 0.2) is 108 Å². The highest BCUT2D eigenvalue weighted by Gasteiger charge is 2.31. The summed E-state index contributed by atoms with van der Waals surface area (Å²) in [7, 11) is -3.98. The molecule has 1 atom stereocenters. The number of carbonyl (C=O) groups excluding carboxylic acids is 1. The highest BCUT2D eigenvalue weighted by atomic mass is 32.2. The molecule has 0 aromatic heterocycles. The largest absolute Gasteiger partial charge is 0.333 e. The number of aryl methyl sites for hydroxylation is 3. The molecule has 1 N–H and O–H groups in total. The minimum Gasteiger partial charge on any atom is -0.333 e. The summed E-state index contributed by atoms with van der Waals surface area (Å²) in [5, 5.41) is 0. The third-order valence-electron chi connectivity index (χ3n) is 6.50. The lowest BCUT2D eigenvalue weighted by molar-refractivity contribution is -0.134. The van der Waals surface area contributed by atoms with Crippen molar-refractivity contribution in [3.8, 4) is 0 Å². The Labute approximate surface area is 226 Å². The van der Waals surface area contributed by atoms with Crippen LogP contribution in [-0.2, 0) is 34.3 Å². The van der Waals surface area contributed by atoms with Crippen LogP contribution in [0.1, 0.15) is 33.4 Å². The van der Waals surface area contributed by atoms with Crippen LogP contribution in [0.4, 0.5) is 0 Å². The van der Waals surface area contributed by atoms with Gasteiger partial charge in [-0.05, 0) is 55.0 Å². The summed E-state index contributed by atoms with van der Waals surface area (Å²) in [6, 6.07) is 31.8. The highest BCUT2D eigenvalue weighted by molar-refractivity contribution is 7.89. The Kier molecular flexibility index (Phi) is 8.77. The first-order chi connectivity index (χ1) is 18.2. The molecule has 5 nitrogen and oxygen atoms in total. The first kappa shape index (κ1) is 27.3. The number of sulfonamides is 1. The molecule has 0 aliphatic rings. The average molecular weight is 527 g/mol. The lowest BCUT2D eigenvalue weighted by Crippen LogP contribution is -2.49. The van der Waals surface area contributed by atoms with Gasteiger partial charge in [0.1, 0.15) is 6.04 Å². The predicted octanol–water partition coefficient (Wildman–Crippen LogP) is 5.73. The van der Waals surface area contributed by atoms with E-state index in [1.165, 1.54) is 0 Å². The lowest BCUT2D eigenvalue weighted by atomic mass is 10.0. The van der Waals surface area contributed by atoms with Crippen molar-refractivity contribution in [1.29, 1.82) is 0 Å². The molecule has 4 rings (SSSR count). The molecule has 0 heterocycles. The maximum Gasteiger partial charge on any atom is 0.241 e. The first-order valence-electron chi connectivity index (χ1n) is 12.7. The second-order valence-electron chi connectivity index (χ2n) is 9.76. The third kappa shape index (κ3) is 6.97. The Balaban J connectivity index is 1.71. The fourth-order valence-corrected chi connectivity index (χ4v) is 6.55. The zero-order valence-corrected chi connectivity index (χ0v) is 22.9. The molecule has 1 amide bonds. The van der Waals surface area contributed by atoms with E-state index in [0.29, 0.717) is 24.2 Å². The van der Waals surface area contributed by atoms with Crippen molar-refractivity contribution < 1.29 is 13.2 Å². The molecule has 4 aromatic carbocycles. The van der Waals surface area contributed by atoms with E-state index < -0.39 is 16.1 Å². The van der Waals surface area contributed by atoms with Gasteiger partial charge in [-0.3, -0.25) is 4.79 Å². The minimum atomic E-state index is -3.98. The van der Waals surface area contributed by atoms with Crippen molar-refractivity contribution in [3.63, 3.8) is 0 Å². The molecule has 0 fully saturated rings. The first-order valence-corrected chi connectivity index (χ1v) is 14.2. The second-order valence-corrected chi connectivity index (χ2v) is 11.4. The number of hydrogen-bond donors (Lipinski definition) is 1. The number of amides is 1. The summed E-state index contributed by atoms with van der Waals surface area (Å²) in [6.45, 7) is 6.25. The normalized spacial score (nSPS) is 12.2. The zero-order chi connectivity index (χ0) is 27.1. The molecule has 0 unspecified atom stereocenters. The SMILES string of the molecule is Cc1cc(C)c(S(=O)(=O)N[C@@H](Cc2ccccc2)C(=O)N(Cc2ccccc2)Cc2ccccc2)c(C)c1. The molecule has 0 saturated carbocycles. The molecular formula is C32H34N2O3S. The minimum absolute atomic E-state index is 0.228. The summed E-state index contributed by atoms with van der Waals surface area (Å²) in [4.78, 5) is 16.1. The highest BCUT2D eigenvalue weighted by Crippen LogP contribution is 2.23. The standard InChI is InChI=1S/C32H34N2O3S/c1-24-19-25(2)31(26(3)20-24)38(36,37)33-30(21-27-13-7-4-8-14-27)32(35)34(22-28-15-9-5-10-16-28)23-29-17-11-6-12-18-29/h4-20,30,33H,21-23H2,1-3H3/t30-/m0/s1. The van der Waals surface area contributed by atoms with Crippen molar-refractivity contribution in [2.45, 2.75) is 51.2 Å². The second kappa shape index (κ2) is 12.2. The van der Waals surface area contributed by atoms with Crippen LogP contribution in [-0.4, -0.2) is 25.3 Å². The Hall–Kier alpha value is -3.74. The van der Waals surface area contributed by atoms with Crippen molar-refractivity contribution in [3.05, 3.63) is 137 Å². The Bertz CT molecular complexity index is 1410. The van der Waals surface area contributed by atoms with Gasteiger partial charge in [0.15, 0.2) is 0 Å². The van der Waals surface area contributed by atoms with E-state index in [2.05, 4.69) is 4.72 Å². The van der Waals surface area contributed by atoms with Crippen LogP contribution in [0.25, 0.3) is 0 Å². The van der Waals surface area contributed by atoms with E-state index in [4.69, 9.17) is 0 Å². The van der Waals surface area contributed by atoms with Crippen LogP contribution in [0, 0.1) is 20.8 Å². The van der Waals surface area contributed by atoms with Crippen molar-refractivity contribution in [2.24, 2.45) is 0 Å². The zero-order valence-electron chi connectivity index (χ0n) is 22.1. The Morgan fingerprint density at radius 1 is 0.711 bits per heavy atom. The molecule has 0 aliphatic carbocycles. The topological polar surface area (TPSA) is 66.5 Å². The molecule has 0 spiro atoms. The molecule has 196 valence electrons. The Morgan fingerprint density at radius 2 is 1.13 bits per heavy atom. The van der Waals surface area contributed by atoms with Crippen LogP contribution in [0.3, 0.4) is 0 Å². The predicted molar refractivity (Wildman–Crippen MR) is 152 cm³/mol. The van der Waals surface area contributed by atoms with Crippen LogP contribution >= 0.6 is 0 Å². The molecular weight excluding hydrogens is 492 g/mol. The fourth-order valence-electron chi connectivity index (χ4n) is 4.91. The van der Waals surface area contributed by atoms with Gasteiger partial charge in [0.2, 0.25) is 15.9 Å². The van der Waals surface area contributed by atoms with Crippen molar-refractivity contribution in [2.75, 3.05) is 0 Å². The van der Waals surface area contributed by atoms with Crippen molar-refractivity contribution >= 4 is 15.9 Å². The summed E-state index contributed by atoms with van der Waals surface area (Å²) in [6.07, 6.45) is 0.239. The monoisotopic (exact) mass is 526 g/mol. The number of hydrogen-bond acceptors (Lipinski definition) is 3. The summed E-state index contributed by atoms with van der Waals surface area (Å²) in [5.41, 5.74) is 5.14. The number of benzene rings is 4. The maximum atomic E-state index is 14.2. The molecule has 0 radical (unpaired) electrons. The smallest absolute Gasteiger partial charge is 0.241 e. The molecule has 38 heavy (non-hydrogen) atoms. The molecule has 0 saturated heterocycles. The third-order valence-corrected chi connectivity index (χ3v) is 8.27. The fraction of sp³-hybridized carbons (Fsp3) is 0.219. The van der Waals surface area contributed by atoms with Gasteiger partial charge in [-0.25, -0.2) is 8.42 Å². The van der Waals surface area contributed by atoms with Crippen LogP contribution in [0.5, 0.6) is 0 Å².